The highest BCUT2D eigenvalue weighted by Crippen LogP contribution is 2.31. The number of carbonyl (C=O) groups is 2. The number of aromatic nitrogens is 1. The molecule has 0 amide bonds. The minimum atomic E-state index is -0.600. The lowest BCUT2D eigenvalue weighted by Crippen LogP contribution is -2.09. The van der Waals surface area contributed by atoms with Crippen LogP contribution in [0.4, 0.5) is 0 Å². The van der Waals surface area contributed by atoms with Gasteiger partial charge in [-0.1, -0.05) is 30.3 Å². The van der Waals surface area contributed by atoms with Crippen LogP contribution in [-0.4, -0.2) is 31.5 Å². The second-order valence-electron chi connectivity index (χ2n) is 6.28. The lowest BCUT2D eigenvalue weighted by Gasteiger charge is -2.14. The van der Waals surface area contributed by atoms with Crippen molar-refractivity contribution in [3.8, 4) is 22.8 Å². The Morgan fingerprint density at radius 3 is 2.38 bits per heavy atom. The van der Waals surface area contributed by atoms with Crippen LogP contribution in [0, 0.1) is 6.92 Å². The molecule has 2 aromatic carbocycles. The Hall–Kier alpha value is -3.67. The SMILES string of the molecule is COC(=O)c1nc(-c2ccc(OC)c(C=O)c2C)ccc1OCc1ccccc1. The van der Waals surface area contributed by atoms with Crippen LogP contribution < -0.4 is 9.47 Å². The number of esters is 1. The third-order valence-electron chi connectivity index (χ3n) is 4.56. The van der Waals surface area contributed by atoms with Crippen LogP contribution in [0.5, 0.6) is 11.5 Å². The molecule has 0 aliphatic carbocycles. The van der Waals surface area contributed by atoms with Crippen molar-refractivity contribution in [2.24, 2.45) is 0 Å². The lowest BCUT2D eigenvalue weighted by molar-refractivity contribution is 0.0588. The van der Waals surface area contributed by atoms with Crippen molar-refractivity contribution in [3.05, 3.63) is 77.0 Å². The van der Waals surface area contributed by atoms with Crippen LogP contribution in [0.3, 0.4) is 0 Å². The summed E-state index contributed by atoms with van der Waals surface area (Å²) in [4.78, 5) is 28.2. The molecule has 1 heterocycles. The Kier molecular flexibility index (Phi) is 6.24. The molecule has 6 heteroatoms. The molecule has 3 aromatic rings. The second kappa shape index (κ2) is 9.01. The van der Waals surface area contributed by atoms with E-state index in [1.165, 1.54) is 14.2 Å². The van der Waals surface area contributed by atoms with Gasteiger partial charge in [-0.15, -0.1) is 0 Å². The third-order valence-corrected chi connectivity index (χ3v) is 4.56. The van der Waals surface area contributed by atoms with Gasteiger partial charge in [0.05, 0.1) is 25.5 Å². The maximum Gasteiger partial charge on any atom is 0.360 e. The zero-order valence-corrected chi connectivity index (χ0v) is 16.5. The van der Waals surface area contributed by atoms with E-state index in [1.807, 2.05) is 30.3 Å². The summed E-state index contributed by atoms with van der Waals surface area (Å²) in [6.45, 7) is 2.10. The molecule has 1 aromatic heterocycles. The summed E-state index contributed by atoms with van der Waals surface area (Å²) in [5.41, 5.74) is 3.43. The third kappa shape index (κ3) is 4.27. The molecule has 0 radical (unpaired) electrons. The molecule has 0 N–H and O–H groups in total. The minimum absolute atomic E-state index is 0.0730. The van der Waals surface area contributed by atoms with Gasteiger partial charge in [0.1, 0.15) is 12.4 Å². The van der Waals surface area contributed by atoms with E-state index in [2.05, 4.69) is 4.98 Å². The summed E-state index contributed by atoms with van der Waals surface area (Å²) in [5.74, 6) is 0.208. The number of rotatable bonds is 7. The average Bonchev–Trinajstić information content (AvgIpc) is 2.77. The number of aldehydes is 1. The zero-order chi connectivity index (χ0) is 20.8. The van der Waals surface area contributed by atoms with Crippen molar-refractivity contribution in [2.75, 3.05) is 14.2 Å². The number of carbonyl (C=O) groups excluding carboxylic acids is 2. The normalized spacial score (nSPS) is 10.3. The number of nitrogens with zero attached hydrogens (tertiary/aromatic N) is 1. The molecule has 0 saturated heterocycles. The van der Waals surface area contributed by atoms with Crippen LogP contribution in [-0.2, 0) is 11.3 Å². The topological polar surface area (TPSA) is 74.7 Å². The van der Waals surface area contributed by atoms with Crippen molar-refractivity contribution in [3.63, 3.8) is 0 Å². The van der Waals surface area contributed by atoms with E-state index in [0.717, 1.165) is 11.8 Å². The Morgan fingerprint density at radius 1 is 1.00 bits per heavy atom. The molecule has 0 bridgehead atoms. The average molecular weight is 391 g/mol. The van der Waals surface area contributed by atoms with Crippen molar-refractivity contribution in [2.45, 2.75) is 13.5 Å². The molecular weight excluding hydrogens is 370 g/mol. The number of hydrogen-bond donors (Lipinski definition) is 0. The van der Waals surface area contributed by atoms with E-state index in [4.69, 9.17) is 14.2 Å². The Balaban J connectivity index is 2.00. The van der Waals surface area contributed by atoms with Gasteiger partial charge in [-0.2, -0.15) is 0 Å². The summed E-state index contributed by atoms with van der Waals surface area (Å²) in [6.07, 6.45) is 0.746. The quantitative estimate of drug-likeness (QED) is 0.443. The van der Waals surface area contributed by atoms with Gasteiger partial charge in [0.15, 0.2) is 17.7 Å². The molecular formula is C23H21NO5. The standard InChI is InChI=1S/C23H21NO5/c1-15-17(9-11-20(27-2)18(15)13-25)19-10-12-21(22(24-19)23(26)28-3)29-14-16-7-5-4-6-8-16/h4-13H,14H2,1-3H3. The van der Waals surface area contributed by atoms with Crippen LogP contribution in [0.15, 0.2) is 54.6 Å². The molecule has 0 aliphatic heterocycles. The highest BCUT2D eigenvalue weighted by molar-refractivity contribution is 5.91. The van der Waals surface area contributed by atoms with Gasteiger partial charge in [0.2, 0.25) is 0 Å². The van der Waals surface area contributed by atoms with E-state index in [-0.39, 0.29) is 5.69 Å². The van der Waals surface area contributed by atoms with Gasteiger partial charge in [-0.25, -0.2) is 9.78 Å². The number of hydrogen-bond acceptors (Lipinski definition) is 6. The van der Waals surface area contributed by atoms with Gasteiger partial charge in [-0.05, 0) is 42.3 Å². The molecule has 0 aliphatic rings. The van der Waals surface area contributed by atoms with E-state index >= 15 is 0 Å². The number of pyridine rings is 1. The molecule has 148 valence electrons. The van der Waals surface area contributed by atoms with Gasteiger partial charge >= 0.3 is 5.97 Å². The number of ether oxygens (including phenoxy) is 3. The predicted octanol–water partition coefficient (Wildman–Crippen LogP) is 4.24. The van der Waals surface area contributed by atoms with Crippen molar-refractivity contribution < 1.29 is 23.8 Å². The summed E-state index contributed by atoms with van der Waals surface area (Å²) in [6, 6.07) is 16.5. The van der Waals surface area contributed by atoms with Gasteiger partial charge in [-0.3, -0.25) is 4.79 Å². The fourth-order valence-corrected chi connectivity index (χ4v) is 3.00. The maximum atomic E-state index is 12.3. The summed E-state index contributed by atoms with van der Waals surface area (Å²) >= 11 is 0. The lowest BCUT2D eigenvalue weighted by atomic mass is 9.99. The first-order chi connectivity index (χ1) is 14.1. The number of benzene rings is 2. The van der Waals surface area contributed by atoms with Crippen LogP contribution in [0.2, 0.25) is 0 Å². The molecule has 29 heavy (non-hydrogen) atoms. The number of methoxy groups -OCH3 is 2. The second-order valence-corrected chi connectivity index (χ2v) is 6.28. The maximum absolute atomic E-state index is 12.3. The first-order valence-electron chi connectivity index (χ1n) is 8.98. The smallest absolute Gasteiger partial charge is 0.360 e. The summed E-state index contributed by atoms with van der Waals surface area (Å²) in [5, 5.41) is 0. The van der Waals surface area contributed by atoms with E-state index in [1.54, 1.807) is 31.2 Å². The highest BCUT2D eigenvalue weighted by Gasteiger charge is 2.19. The molecule has 0 saturated carbocycles. The monoisotopic (exact) mass is 391 g/mol. The zero-order valence-electron chi connectivity index (χ0n) is 16.5. The van der Waals surface area contributed by atoms with Crippen LogP contribution in [0.1, 0.15) is 32.0 Å². The van der Waals surface area contributed by atoms with Crippen LogP contribution >= 0.6 is 0 Å². The van der Waals surface area contributed by atoms with Crippen molar-refractivity contribution >= 4 is 12.3 Å². The van der Waals surface area contributed by atoms with Crippen LogP contribution in [0.25, 0.3) is 11.3 Å². The minimum Gasteiger partial charge on any atom is -0.496 e. The summed E-state index contributed by atoms with van der Waals surface area (Å²) < 4.78 is 15.9. The largest absolute Gasteiger partial charge is 0.496 e. The van der Waals surface area contributed by atoms with E-state index in [0.29, 0.717) is 40.5 Å². The molecule has 0 spiro atoms. The Labute approximate surface area is 169 Å². The first kappa shape index (κ1) is 20.1. The first-order valence-corrected chi connectivity index (χ1v) is 8.98. The molecule has 0 fully saturated rings. The van der Waals surface area contributed by atoms with E-state index in [9.17, 15) is 9.59 Å². The molecule has 6 nitrogen and oxygen atoms in total. The molecule has 0 atom stereocenters. The van der Waals surface area contributed by atoms with Gasteiger partial charge in [0.25, 0.3) is 0 Å². The predicted molar refractivity (Wildman–Crippen MR) is 108 cm³/mol. The Bertz CT molecular complexity index is 1030. The summed E-state index contributed by atoms with van der Waals surface area (Å²) in [7, 11) is 2.80. The highest BCUT2D eigenvalue weighted by atomic mass is 16.5. The fraction of sp³-hybridized carbons (Fsp3) is 0.174. The van der Waals surface area contributed by atoms with Crippen molar-refractivity contribution in [1.82, 2.24) is 4.98 Å². The van der Waals surface area contributed by atoms with E-state index < -0.39 is 5.97 Å². The van der Waals surface area contributed by atoms with Gasteiger partial charge in [0, 0.05) is 5.56 Å². The van der Waals surface area contributed by atoms with Crippen molar-refractivity contribution in [1.29, 1.82) is 0 Å². The Morgan fingerprint density at radius 2 is 1.72 bits per heavy atom. The molecule has 0 unspecified atom stereocenters. The van der Waals surface area contributed by atoms with Gasteiger partial charge < -0.3 is 14.2 Å². The fourth-order valence-electron chi connectivity index (χ4n) is 3.00. The molecule has 3 rings (SSSR count).